The summed E-state index contributed by atoms with van der Waals surface area (Å²) in [6.07, 6.45) is 18.8. The highest BCUT2D eigenvalue weighted by Crippen LogP contribution is 2.22. The number of ether oxygens (including phenoxy) is 4. The molecule has 232 valence electrons. The standard InChI is InChI=1S/C36H58O5/c1-3-4-5-6-7-8-9-10-11-12-13-14-15-19-26-39-30-36(29-37,31-40-27-33-20-17-16-18-21-33)32-41-28-34-22-24-35(38-2)25-23-34/h16-18,20-25,37H,3-15,19,26-32H2,1-2H3. The molecule has 5 heteroatoms. The van der Waals surface area contributed by atoms with E-state index in [2.05, 4.69) is 6.92 Å². The molecule has 0 aliphatic carbocycles. The Morgan fingerprint density at radius 2 is 1.02 bits per heavy atom. The number of methoxy groups -OCH3 is 1. The number of aliphatic hydroxyl groups is 1. The van der Waals surface area contributed by atoms with E-state index in [-0.39, 0.29) is 6.61 Å². The third kappa shape index (κ3) is 16.9. The van der Waals surface area contributed by atoms with E-state index in [0.29, 0.717) is 39.6 Å². The fourth-order valence-electron chi connectivity index (χ4n) is 5.02. The molecule has 0 aromatic heterocycles. The van der Waals surface area contributed by atoms with Gasteiger partial charge in [0, 0.05) is 6.61 Å². The van der Waals surface area contributed by atoms with E-state index in [1.54, 1.807) is 7.11 Å². The van der Waals surface area contributed by atoms with Gasteiger partial charge in [-0.1, -0.05) is 133 Å². The monoisotopic (exact) mass is 570 g/mol. The van der Waals surface area contributed by atoms with Crippen LogP contribution < -0.4 is 4.74 Å². The molecular formula is C36H58O5. The summed E-state index contributed by atoms with van der Waals surface area (Å²) in [4.78, 5) is 0. The minimum Gasteiger partial charge on any atom is -0.497 e. The van der Waals surface area contributed by atoms with Crippen molar-refractivity contribution in [1.82, 2.24) is 0 Å². The Balaban J connectivity index is 1.63. The van der Waals surface area contributed by atoms with Gasteiger partial charge in [-0.05, 0) is 29.7 Å². The maximum Gasteiger partial charge on any atom is 0.118 e. The van der Waals surface area contributed by atoms with E-state index in [1.807, 2.05) is 54.6 Å². The van der Waals surface area contributed by atoms with Gasteiger partial charge >= 0.3 is 0 Å². The number of hydrogen-bond donors (Lipinski definition) is 1. The Morgan fingerprint density at radius 3 is 1.51 bits per heavy atom. The summed E-state index contributed by atoms with van der Waals surface area (Å²) in [6, 6.07) is 18.0. The maximum atomic E-state index is 10.4. The molecule has 1 N–H and O–H groups in total. The molecule has 2 rings (SSSR count). The topological polar surface area (TPSA) is 57.2 Å². The van der Waals surface area contributed by atoms with Gasteiger partial charge in [0.2, 0.25) is 0 Å². The third-order valence-corrected chi connectivity index (χ3v) is 7.74. The van der Waals surface area contributed by atoms with Crippen molar-refractivity contribution in [1.29, 1.82) is 0 Å². The summed E-state index contributed by atoms with van der Waals surface area (Å²) < 4.78 is 23.5. The van der Waals surface area contributed by atoms with Crippen LogP contribution in [0.25, 0.3) is 0 Å². The Morgan fingerprint density at radius 1 is 0.561 bits per heavy atom. The molecule has 0 bridgehead atoms. The van der Waals surface area contributed by atoms with Gasteiger partial charge < -0.3 is 24.1 Å². The SMILES string of the molecule is CCCCCCCCCCCCCCCCOCC(CO)(COCc1ccccc1)COCc1ccc(OC)cc1. The van der Waals surface area contributed by atoms with Gasteiger partial charge in [-0.15, -0.1) is 0 Å². The highest BCUT2D eigenvalue weighted by Gasteiger charge is 2.31. The van der Waals surface area contributed by atoms with Crippen LogP contribution in [0.3, 0.4) is 0 Å². The van der Waals surface area contributed by atoms with Crippen molar-refractivity contribution < 1.29 is 24.1 Å². The van der Waals surface area contributed by atoms with E-state index in [1.165, 1.54) is 83.5 Å². The first-order valence-electron chi connectivity index (χ1n) is 16.2. The van der Waals surface area contributed by atoms with Crippen molar-refractivity contribution in [2.75, 3.05) is 40.1 Å². The molecule has 0 saturated carbocycles. The predicted octanol–water partition coefficient (Wildman–Crippen LogP) is 8.91. The lowest BCUT2D eigenvalue weighted by atomic mass is 9.92. The lowest BCUT2D eigenvalue weighted by Crippen LogP contribution is -2.40. The largest absolute Gasteiger partial charge is 0.497 e. The molecule has 0 aliphatic heterocycles. The summed E-state index contributed by atoms with van der Waals surface area (Å²) >= 11 is 0. The van der Waals surface area contributed by atoms with Gasteiger partial charge in [0.25, 0.3) is 0 Å². The quantitative estimate of drug-likeness (QED) is 0.109. The minimum absolute atomic E-state index is 0.0524. The number of hydrogen-bond acceptors (Lipinski definition) is 5. The Bertz CT molecular complexity index is 841. The summed E-state index contributed by atoms with van der Waals surface area (Å²) in [5, 5.41) is 10.4. The molecular weight excluding hydrogens is 512 g/mol. The average molecular weight is 571 g/mol. The summed E-state index contributed by atoms with van der Waals surface area (Å²) in [5.74, 6) is 0.824. The van der Waals surface area contributed by atoms with Crippen LogP contribution in [-0.4, -0.2) is 45.3 Å². The van der Waals surface area contributed by atoms with Crippen molar-refractivity contribution in [2.24, 2.45) is 5.41 Å². The van der Waals surface area contributed by atoms with Crippen LogP contribution in [0.4, 0.5) is 0 Å². The molecule has 0 spiro atoms. The van der Waals surface area contributed by atoms with Crippen LogP contribution in [0.2, 0.25) is 0 Å². The number of unbranched alkanes of at least 4 members (excludes halogenated alkanes) is 13. The fraction of sp³-hybridized carbons (Fsp3) is 0.667. The molecule has 41 heavy (non-hydrogen) atoms. The van der Waals surface area contributed by atoms with Gasteiger partial charge in [-0.25, -0.2) is 0 Å². The maximum absolute atomic E-state index is 10.4. The lowest BCUT2D eigenvalue weighted by Gasteiger charge is -2.31. The Kier molecular flexibility index (Phi) is 20.3. The molecule has 0 heterocycles. The Labute approximate surface area is 250 Å². The van der Waals surface area contributed by atoms with Gasteiger partial charge in [0.05, 0.1) is 52.2 Å². The van der Waals surface area contributed by atoms with Crippen LogP contribution in [0.1, 0.15) is 108 Å². The van der Waals surface area contributed by atoms with Crippen LogP contribution >= 0.6 is 0 Å². The van der Waals surface area contributed by atoms with Crippen molar-refractivity contribution >= 4 is 0 Å². The zero-order valence-electron chi connectivity index (χ0n) is 26.1. The smallest absolute Gasteiger partial charge is 0.118 e. The molecule has 1 unspecified atom stereocenters. The average Bonchev–Trinajstić information content (AvgIpc) is 3.01. The Hall–Kier alpha value is -1.92. The van der Waals surface area contributed by atoms with Crippen molar-refractivity contribution in [3.05, 3.63) is 65.7 Å². The number of benzene rings is 2. The molecule has 0 fully saturated rings. The van der Waals surface area contributed by atoms with Crippen LogP contribution in [0, 0.1) is 5.41 Å². The van der Waals surface area contributed by atoms with E-state index < -0.39 is 5.41 Å². The molecule has 2 aromatic carbocycles. The fourth-order valence-corrected chi connectivity index (χ4v) is 5.02. The highest BCUT2D eigenvalue weighted by molar-refractivity contribution is 5.26. The summed E-state index contributed by atoms with van der Waals surface area (Å²) in [6.45, 7) is 5.05. The minimum atomic E-state index is -0.600. The number of rotatable bonds is 27. The van der Waals surface area contributed by atoms with Gasteiger partial charge in [-0.3, -0.25) is 0 Å². The van der Waals surface area contributed by atoms with E-state index in [0.717, 1.165) is 23.3 Å². The van der Waals surface area contributed by atoms with E-state index in [4.69, 9.17) is 18.9 Å². The molecule has 0 amide bonds. The normalized spacial score (nSPS) is 12.9. The lowest BCUT2D eigenvalue weighted by molar-refractivity contribution is -0.0991. The molecule has 5 nitrogen and oxygen atoms in total. The van der Waals surface area contributed by atoms with Gasteiger partial charge in [-0.2, -0.15) is 0 Å². The van der Waals surface area contributed by atoms with Gasteiger partial charge in [0.1, 0.15) is 5.75 Å². The third-order valence-electron chi connectivity index (χ3n) is 7.74. The molecule has 0 aliphatic rings. The molecule has 2 aromatic rings. The zero-order valence-corrected chi connectivity index (χ0v) is 26.1. The second kappa shape index (κ2) is 23.6. The highest BCUT2D eigenvalue weighted by atomic mass is 16.5. The molecule has 0 radical (unpaired) electrons. The summed E-state index contributed by atoms with van der Waals surface area (Å²) in [7, 11) is 1.66. The first kappa shape index (κ1) is 35.3. The second-order valence-corrected chi connectivity index (χ2v) is 11.6. The second-order valence-electron chi connectivity index (χ2n) is 11.6. The number of aliphatic hydroxyl groups excluding tert-OH is 1. The molecule has 1 atom stereocenters. The summed E-state index contributed by atoms with van der Waals surface area (Å²) in [5.41, 5.74) is 1.57. The van der Waals surface area contributed by atoms with Crippen molar-refractivity contribution in [3.8, 4) is 5.75 Å². The predicted molar refractivity (Wildman–Crippen MR) is 169 cm³/mol. The molecule has 0 saturated heterocycles. The first-order chi connectivity index (χ1) is 20.2. The van der Waals surface area contributed by atoms with Gasteiger partial charge in [0.15, 0.2) is 0 Å². The van der Waals surface area contributed by atoms with Crippen LogP contribution in [0.5, 0.6) is 5.75 Å². The van der Waals surface area contributed by atoms with Crippen molar-refractivity contribution in [3.63, 3.8) is 0 Å². The van der Waals surface area contributed by atoms with Crippen LogP contribution in [0.15, 0.2) is 54.6 Å². The van der Waals surface area contributed by atoms with E-state index >= 15 is 0 Å². The van der Waals surface area contributed by atoms with Crippen molar-refractivity contribution in [2.45, 2.75) is 110 Å². The first-order valence-corrected chi connectivity index (χ1v) is 16.2. The zero-order chi connectivity index (χ0) is 29.3. The van der Waals surface area contributed by atoms with Crippen LogP contribution in [-0.2, 0) is 27.4 Å². The van der Waals surface area contributed by atoms with E-state index in [9.17, 15) is 5.11 Å².